The quantitative estimate of drug-likeness (QED) is 0.664. The van der Waals surface area contributed by atoms with E-state index >= 15 is 0 Å². The van der Waals surface area contributed by atoms with Crippen LogP contribution in [0.4, 0.5) is 8.78 Å². The van der Waals surface area contributed by atoms with Gasteiger partial charge in [0.2, 0.25) is 0 Å². The van der Waals surface area contributed by atoms with Gasteiger partial charge in [-0.05, 0) is 35.6 Å². The first kappa shape index (κ1) is 14.2. The third kappa shape index (κ3) is 3.32. The molecular formula is C10H11F2IN2O2. The van der Waals surface area contributed by atoms with Crippen molar-refractivity contribution in [2.24, 2.45) is 5.73 Å². The maximum absolute atomic E-state index is 12.7. The third-order valence-electron chi connectivity index (χ3n) is 1.98. The Balaban J connectivity index is 3.22. The number of esters is 1. The molecule has 0 amide bonds. The highest BCUT2D eigenvalue weighted by Gasteiger charge is 2.21. The molecule has 0 aliphatic carbocycles. The molecule has 1 rings (SSSR count). The van der Waals surface area contributed by atoms with Crippen LogP contribution in [0.15, 0.2) is 6.07 Å². The van der Waals surface area contributed by atoms with Crippen molar-refractivity contribution in [3.63, 3.8) is 0 Å². The molecule has 1 aromatic rings. The molecule has 0 aliphatic heterocycles. The molecule has 7 heteroatoms. The lowest BCUT2D eigenvalue weighted by Gasteiger charge is -2.10. The Bertz CT molecular complexity index is 427. The summed E-state index contributed by atoms with van der Waals surface area (Å²) in [6, 6.07) is 1.28. The molecule has 0 aliphatic rings. The van der Waals surface area contributed by atoms with Crippen LogP contribution in [0.25, 0.3) is 0 Å². The predicted octanol–water partition coefficient (Wildman–Crippen LogP) is 2.26. The molecule has 0 bridgehead atoms. The highest BCUT2D eigenvalue weighted by atomic mass is 127. The standard InChI is InChI=1S/C10H11F2IN2O2/c1-2-17-10(16)6-3-5(13)8(9(11)12)7(4-14)15-6/h3,9H,2,4,14H2,1H3. The summed E-state index contributed by atoms with van der Waals surface area (Å²) in [5, 5.41) is 0. The number of hydrogen-bond donors (Lipinski definition) is 1. The SMILES string of the molecule is CCOC(=O)c1cc(I)c(C(F)F)c(CN)n1. The number of aromatic nitrogens is 1. The van der Waals surface area contributed by atoms with E-state index in [1.54, 1.807) is 29.5 Å². The molecule has 0 saturated carbocycles. The number of ether oxygens (including phenoxy) is 1. The molecule has 94 valence electrons. The van der Waals surface area contributed by atoms with Crippen LogP contribution in [0.5, 0.6) is 0 Å². The van der Waals surface area contributed by atoms with Crippen molar-refractivity contribution in [1.29, 1.82) is 0 Å². The predicted molar refractivity (Wildman–Crippen MR) is 65.8 cm³/mol. The first-order chi connectivity index (χ1) is 8.01. The van der Waals surface area contributed by atoms with Crippen LogP contribution < -0.4 is 5.73 Å². The number of carbonyl (C=O) groups is 1. The van der Waals surface area contributed by atoms with Crippen LogP contribution in [-0.4, -0.2) is 17.6 Å². The van der Waals surface area contributed by atoms with Gasteiger partial charge >= 0.3 is 5.97 Å². The normalized spacial score (nSPS) is 10.7. The van der Waals surface area contributed by atoms with Crippen molar-refractivity contribution in [3.05, 3.63) is 26.6 Å². The number of pyridine rings is 1. The second-order valence-corrected chi connectivity index (χ2v) is 4.24. The molecule has 0 atom stereocenters. The maximum atomic E-state index is 12.7. The van der Waals surface area contributed by atoms with Crippen LogP contribution >= 0.6 is 22.6 Å². The first-order valence-electron chi connectivity index (χ1n) is 4.85. The first-order valence-corrected chi connectivity index (χ1v) is 5.93. The highest BCUT2D eigenvalue weighted by Crippen LogP contribution is 2.27. The average molecular weight is 356 g/mol. The number of hydrogen-bond acceptors (Lipinski definition) is 4. The lowest BCUT2D eigenvalue weighted by molar-refractivity contribution is 0.0518. The molecule has 0 spiro atoms. The molecule has 4 nitrogen and oxygen atoms in total. The molecule has 1 aromatic heterocycles. The summed E-state index contributed by atoms with van der Waals surface area (Å²) >= 11 is 1.73. The fraction of sp³-hybridized carbons (Fsp3) is 0.400. The van der Waals surface area contributed by atoms with Gasteiger partial charge in [-0.2, -0.15) is 0 Å². The van der Waals surface area contributed by atoms with E-state index in [9.17, 15) is 13.6 Å². The van der Waals surface area contributed by atoms with Gasteiger partial charge in [0.1, 0.15) is 5.69 Å². The molecular weight excluding hydrogens is 345 g/mol. The molecule has 17 heavy (non-hydrogen) atoms. The smallest absolute Gasteiger partial charge is 0.356 e. The van der Waals surface area contributed by atoms with E-state index in [0.29, 0.717) is 0 Å². The minimum atomic E-state index is -2.66. The van der Waals surface area contributed by atoms with Gasteiger partial charge in [-0.15, -0.1) is 0 Å². The number of rotatable bonds is 4. The van der Waals surface area contributed by atoms with Crippen LogP contribution in [0, 0.1) is 3.57 Å². The largest absolute Gasteiger partial charge is 0.461 e. The number of nitrogens with two attached hydrogens (primary N) is 1. The highest BCUT2D eigenvalue weighted by molar-refractivity contribution is 14.1. The van der Waals surface area contributed by atoms with Crippen molar-refractivity contribution in [3.8, 4) is 0 Å². The van der Waals surface area contributed by atoms with Crippen LogP contribution in [-0.2, 0) is 11.3 Å². The minimum Gasteiger partial charge on any atom is -0.461 e. The van der Waals surface area contributed by atoms with Gasteiger partial charge in [0.15, 0.2) is 0 Å². The molecule has 0 unspecified atom stereocenters. The van der Waals surface area contributed by atoms with E-state index in [2.05, 4.69) is 4.98 Å². The molecule has 1 heterocycles. The number of alkyl halides is 2. The Hall–Kier alpha value is -0.830. The van der Waals surface area contributed by atoms with Gasteiger partial charge in [0.25, 0.3) is 6.43 Å². The number of nitrogens with zero attached hydrogens (tertiary/aromatic N) is 1. The Morgan fingerprint density at radius 3 is 2.76 bits per heavy atom. The zero-order valence-electron chi connectivity index (χ0n) is 9.04. The summed E-state index contributed by atoms with van der Waals surface area (Å²) in [5.41, 5.74) is 5.15. The summed E-state index contributed by atoms with van der Waals surface area (Å²) in [6.45, 7) is 1.70. The van der Waals surface area contributed by atoms with Gasteiger partial charge < -0.3 is 10.5 Å². The van der Waals surface area contributed by atoms with Crippen molar-refractivity contribution in [2.75, 3.05) is 6.61 Å². The fourth-order valence-electron chi connectivity index (χ4n) is 1.27. The van der Waals surface area contributed by atoms with E-state index < -0.39 is 12.4 Å². The lowest BCUT2D eigenvalue weighted by atomic mass is 10.1. The monoisotopic (exact) mass is 356 g/mol. The number of halogens is 3. The zero-order valence-corrected chi connectivity index (χ0v) is 11.2. The summed E-state index contributed by atoms with van der Waals surface area (Å²) in [7, 11) is 0. The van der Waals surface area contributed by atoms with Crippen molar-refractivity contribution >= 4 is 28.6 Å². The van der Waals surface area contributed by atoms with E-state index in [-0.39, 0.29) is 33.7 Å². The minimum absolute atomic E-state index is 0.00102. The van der Waals surface area contributed by atoms with Gasteiger partial charge in [-0.1, -0.05) is 0 Å². The Morgan fingerprint density at radius 1 is 1.65 bits per heavy atom. The van der Waals surface area contributed by atoms with E-state index in [0.717, 1.165) is 0 Å². The van der Waals surface area contributed by atoms with Crippen molar-refractivity contribution in [2.45, 2.75) is 19.9 Å². The zero-order chi connectivity index (χ0) is 13.0. The van der Waals surface area contributed by atoms with Crippen LogP contribution in [0.3, 0.4) is 0 Å². The lowest BCUT2D eigenvalue weighted by Crippen LogP contribution is -2.14. The van der Waals surface area contributed by atoms with Gasteiger partial charge in [-0.3, -0.25) is 0 Å². The molecule has 2 N–H and O–H groups in total. The van der Waals surface area contributed by atoms with E-state index in [1.165, 1.54) is 6.07 Å². The molecule has 0 aromatic carbocycles. The molecule has 0 fully saturated rings. The van der Waals surface area contributed by atoms with E-state index in [1.807, 2.05) is 0 Å². The molecule has 0 saturated heterocycles. The second kappa shape index (κ2) is 6.20. The van der Waals surface area contributed by atoms with Crippen molar-refractivity contribution < 1.29 is 18.3 Å². The second-order valence-electron chi connectivity index (χ2n) is 3.07. The van der Waals surface area contributed by atoms with Crippen LogP contribution in [0.1, 0.15) is 35.1 Å². The van der Waals surface area contributed by atoms with Gasteiger partial charge in [-0.25, -0.2) is 18.6 Å². The average Bonchev–Trinajstić information content (AvgIpc) is 2.27. The Kier molecular flexibility index (Phi) is 5.19. The maximum Gasteiger partial charge on any atom is 0.356 e. The summed E-state index contributed by atoms with van der Waals surface area (Å²) in [6.07, 6.45) is -2.66. The van der Waals surface area contributed by atoms with Gasteiger partial charge in [0, 0.05) is 10.1 Å². The van der Waals surface area contributed by atoms with Gasteiger partial charge in [0.05, 0.1) is 17.9 Å². The summed E-state index contributed by atoms with van der Waals surface area (Å²) in [4.78, 5) is 15.2. The Morgan fingerprint density at radius 2 is 2.29 bits per heavy atom. The Labute approximate surface area is 111 Å². The van der Waals surface area contributed by atoms with Crippen LogP contribution in [0.2, 0.25) is 0 Å². The topological polar surface area (TPSA) is 65.2 Å². The van der Waals surface area contributed by atoms with E-state index in [4.69, 9.17) is 10.5 Å². The number of carbonyl (C=O) groups excluding carboxylic acids is 1. The van der Waals surface area contributed by atoms with Crippen molar-refractivity contribution in [1.82, 2.24) is 4.98 Å². The third-order valence-corrected chi connectivity index (χ3v) is 2.88. The summed E-state index contributed by atoms with van der Waals surface area (Å²) < 4.78 is 30.5. The summed E-state index contributed by atoms with van der Waals surface area (Å²) in [5.74, 6) is -0.638. The fourth-order valence-corrected chi connectivity index (χ4v) is 2.11. The molecule has 0 radical (unpaired) electrons.